The Balaban J connectivity index is 1.68. The van der Waals surface area contributed by atoms with Crippen molar-refractivity contribution in [2.24, 2.45) is 0 Å². The average Bonchev–Trinajstić information content (AvgIpc) is 3.26. The summed E-state index contributed by atoms with van der Waals surface area (Å²) in [7, 11) is 0. The van der Waals surface area contributed by atoms with Gasteiger partial charge in [-0.25, -0.2) is 4.98 Å². The number of nitriles is 1. The molecule has 0 spiro atoms. The summed E-state index contributed by atoms with van der Waals surface area (Å²) in [5, 5.41) is 13.0. The summed E-state index contributed by atoms with van der Waals surface area (Å²) in [4.78, 5) is 30.8. The SMILES string of the molecule is N#C/C(C(=O)Nc1nc2ccccc2s1)=C1\SCC(=O)N1c1ccccc1. The number of thiazole rings is 1. The van der Waals surface area contributed by atoms with E-state index in [2.05, 4.69) is 10.3 Å². The van der Waals surface area contributed by atoms with Crippen molar-refractivity contribution in [3.8, 4) is 6.07 Å². The first-order valence-corrected chi connectivity index (χ1v) is 9.79. The highest BCUT2D eigenvalue weighted by molar-refractivity contribution is 8.04. The number of para-hydroxylation sites is 2. The Labute approximate surface area is 163 Å². The van der Waals surface area contributed by atoms with Crippen LogP contribution in [0.15, 0.2) is 65.2 Å². The molecule has 132 valence electrons. The molecular formula is C19H12N4O2S2. The number of nitrogens with zero attached hydrogens (tertiary/aromatic N) is 3. The van der Waals surface area contributed by atoms with Crippen molar-refractivity contribution in [3.63, 3.8) is 0 Å². The zero-order valence-electron chi connectivity index (χ0n) is 13.9. The van der Waals surface area contributed by atoms with Gasteiger partial charge in [-0.15, -0.1) is 0 Å². The summed E-state index contributed by atoms with van der Waals surface area (Å²) in [6, 6.07) is 18.5. The molecule has 1 fully saturated rings. The van der Waals surface area contributed by atoms with Gasteiger partial charge in [-0.1, -0.05) is 53.4 Å². The van der Waals surface area contributed by atoms with Gasteiger partial charge in [-0.2, -0.15) is 5.26 Å². The molecule has 0 unspecified atom stereocenters. The van der Waals surface area contributed by atoms with E-state index in [1.54, 1.807) is 24.3 Å². The van der Waals surface area contributed by atoms with Crippen molar-refractivity contribution >= 4 is 55.9 Å². The number of aromatic nitrogens is 1. The van der Waals surface area contributed by atoms with E-state index in [9.17, 15) is 14.9 Å². The van der Waals surface area contributed by atoms with Crippen LogP contribution in [0.25, 0.3) is 10.2 Å². The summed E-state index contributed by atoms with van der Waals surface area (Å²) in [6.07, 6.45) is 0. The van der Waals surface area contributed by atoms with E-state index in [-0.39, 0.29) is 17.2 Å². The lowest BCUT2D eigenvalue weighted by molar-refractivity contribution is -0.115. The molecule has 2 amide bonds. The molecule has 4 rings (SSSR count). The van der Waals surface area contributed by atoms with E-state index in [1.165, 1.54) is 28.0 Å². The highest BCUT2D eigenvalue weighted by Crippen LogP contribution is 2.36. The van der Waals surface area contributed by atoms with Gasteiger partial charge in [0.2, 0.25) is 5.91 Å². The van der Waals surface area contributed by atoms with Crippen LogP contribution in [0.3, 0.4) is 0 Å². The molecule has 3 aromatic rings. The lowest BCUT2D eigenvalue weighted by Crippen LogP contribution is -2.26. The third kappa shape index (κ3) is 3.30. The minimum atomic E-state index is -0.574. The molecule has 2 aromatic carbocycles. The predicted octanol–water partition coefficient (Wildman–Crippen LogP) is 3.75. The van der Waals surface area contributed by atoms with Gasteiger partial charge in [-0.3, -0.25) is 19.8 Å². The van der Waals surface area contributed by atoms with Crippen LogP contribution in [0, 0.1) is 11.3 Å². The summed E-state index contributed by atoms with van der Waals surface area (Å²) in [5.74, 6) is -0.555. The summed E-state index contributed by atoms with van der Waals surface area (Å²) in [6.45, 7) is 0. The normalized spacial score (nSPS) is 15.7. The van der Waals surface area contributed by atoms with Gasteiger partial charge in [0, 0.05) is 5.69 Å². The Kier molecular flexibility index (Phi) is 4.62. The van der Waals surface area contributed by atoms with Gasteiger partial charge < -0.3 is 0 Å². The zero-order chi connectivity index (χ0) is 18.8. The maximum atomic E-state index is 12.7. The number of benzene rings is 2. The molecule has 1 aliphatic rings. The number of amides is 2. The highest BCUT2D eigenvalue weighted by atomic mass is 32.2. The second-order valence-corrected chi connectivity index (χ2v) is 7.58. The maximum Gasteiger partial charge on any atom is 0.270 e. The fourth-order valence-corrected chi connectivity index (χ4v) is 4.54. The molecule has 0 aliphatic carbocycles. The maximum absolute atomic E-state index is 12.7. The van der Waals surface area contributed by atoms with Gasteiger partial charge in [-0.05, 0) is 24.3 Å². The van der Waals surface area contributed by atoms with Gasteiger partial charge >= 0.3 is 0 Å². The Morgan fingerprint density at radius 1 is 1.15 bits per heavy atom. The fraction of sp³-hybridized carbons (Fsp3) is 0.0526. The van der Waals surface area contributed by atoms with Gasteiger partial charge in [0.25, 0.3) is 5.91 Å². The molecule has 0 saturated carbocycles. The first-order valence-electron chi connectivity index (χ1n) is 7.99. The van der Waals surface area contributed by atoms with Crippen LogP contribution in [-0.4, -0.2) is 22.6 Å². The monoisotopic (exact) mass is 392 g/mol. The molecule has 0 radical (unpaired) electrons. The van der Waals surface area contributed by atoms with E-state index in [0.29, 0.717) is 15.8 Å². The van der Waals surface area contributed by atoms with Gasteiger partial charge in [0.05, 0.1) is 16.0 Å². The van der Waals surface area contributed by atoms with E-state index in [1.807, 2.05) is 36.4 Å². The smallest absolute Gasteiger partial charge is 0.270 e. The van der Waals surface area contributed by atoms with Crippen molar-refractivity contribution in [1.82, 2.24) is 4.98 Å². The van der Waals surface area contributed by atoms with Crippen LogP contribution >= 0.6 is 23.1 Å². The number of fused-ring (bicyclic) bond motifs is 1. The highest BCUT2D eigenvalue weighted by Gasteiger charge is 2.33. The molecule has 1 aromatic heterocycles. The minimum absolute atomic E-state index is 0.103. The zero-order valence-corrected chi connectivity index (χ0v) is 15.5. The van der Waals surface area contributed by atoms with Crippen molar-refractivity contribution in [2.45, 2.75) is 0 Å². The van der Waals surface area contributed by atoms with Gasteiger partial charge in [0.1, 0.15) is 16.7 Å². The summed E-state index contributed by atoms with van der Waals surface area (Å²) < 4.78 is 0.940. The van der Waals surface area contributed by atoms with Crippen LogP contribution in [0.1, 0.15) is 0 Å². The van der Waals surface area contributed by atoms with E-state index >= 15 is 0 Å². The largest absolute Gasteiger partial charge is 0.297 e. The minimum Gasteiger partial charge on any atom is -0.297 e. The second kappa shape index (κ2) is 7.23. The molecule has 1 aliphatic heterocycles. The Morgan fingerprint density at radius 3 is 2.63 bits per heavy atom. The lowest BCUT2D eigenvalue weighted by Gasteiger charge is -2.18. The Bertz CT molecular complexity index is 1080. The number of carbonyl (C=O) groups excluding carboxylic acids is 2. The first kappa shape index (κ1) is 17.3. The van der Waals surface area contributed by atoms with Crippen molar-refractivity contribution in [2.75, 3.05) is 16.0 Å². The molecule has 8 heteroatoms. The topological polar surface area (TPSA) is 86.1 Å². The Morgan fingerprint density at radius 2 is 1.89 bits per heavy atom. The van der Waals surface area contributed by atoms with Crippen LogP contribution in [0.5, 0.6) is 0 Å². The number of nitrogens with one attached hydrogen (secondary N) is 1. The molecule has 1 saturated heterocycles. The van der Waals surface area contributed by atoms with E-state index in [4.69, 9.17) is 0 Å². The quantitative estimate of drug-likeness (QED) is 0.542. The Hall–Kier alpha value is -3.15. The van der Waals surface area contributed by atoms with Crippen LogP contribution in [-0.2, 0) is 9.59 Å². The lowest BCUT2D eigenvalue weighted by atomic mass is 10.2. The number of hydrogen-bond donors (Lipinski definition) is 1. The number of thioether (sulfide) groups is 1. The van der Waals surface area contributed by atoms with Crippen molar-refractivity contribution in [3.05, 3.63) is 65.2 Å². The molecule has 1 N–H and O–H groups in total. The van der Waals surface area contributed by atoms with E-state index < -0.39 is 5.91 Å². The predicted molar refractivity (Wildman–Crippen MR) is 107 cm³/mol. The number of rotatable bonds is 3. The second-order valence-electron chi connectivity index (χ2n) is 5.59. The molecule has 0 bridgehead atoms. The van der Waals surface area contributed by atoms with Crippen LogP contribution in [0.2, 0.25) is 0 Å². The standard InChI is InChI=1S/C19H12N4O2S2/c20-10-13(17(25)22-19-21-14-8-4-5-9-15(14)27-19)18-23(16(24)11-26-18)12-6-2-1-3-7-12/h1-9H,11H2,(H,21,22,25)/b18-13+. The van der Waals surface area contributed by atoms with Crippen LogP contribution < -0.4 is 10.2 Å². The fourth-order valence-electron chi connectivity index (χ4n) is 2.68. The first-order chi connectivity index (χ1) is 13.2. The van der Waals surface area contributed by atoms with Crippen molar-refractivity contribution < 1.29 is 9.59 Å². The number of hydrogen-bond acceptors (Lipinski definition) is 6. The molecule has 0 atom stereocenters. The summed E-state index contributed by atoms with van der Waals surface area (Å²) >= 11 is 2.52. The van der Waals surface area contributed by atoms with Gasteiger partial charge in [0.15, 0.2) is 5.13 Å². The van der Waals surface area contributed by atoms with Crippen molar-refractivity contribution in [1.29, 1.82) is 5.26 Å². The number of carbonyl (C=O) groups is 2. The molecule has 27 heavy (non-hydrogen) atoms. The summed E-state index contributed by atoms with van der Waals surface area (Å²) in [5.41, 5.74) is 1.30. The third-order valence-corrected chi connectivity index (χ3v) is 5.87. The molecule has 2 heterocycles. The van der Waals surface area contributed by atoms with Crippen LogP contribution in [0.4, 0.5) is 10.8 Å². The van der Waals surface area contributed by atoms with E-state index in [0.717, 1.165) is 10.2 Å². The number of anilines is 2. The average molecular weight is 392 g/mol. The third-order valence-electron chi connectivity index (χ3n) is 3.87. The molecule has 6 nitrogen and oxygen atoms in total. The molecular weight excluding hydrogens is 380 g/mol.